The minimum Gasteiger partial charge on any atom is -0.493 e. The summed E-state index contributed by atoms with van der Waals surface area (Å²) in [5.41, 5.74) is 0.737. The molecule has 1 aliphatic carbocycles. The second-order valence-corrected chi connectivity index (χ2v) is 7.96. The van der Waals surface area contributed by atoms with Gasteiger partial charge in [-0.15, -0.1) is 0 Å². The predicted molar refractivity (Wildman–Crippen MR) is 109 cm³/mol. The average molecular weight is 429 g/mol. The smallest absolute Gasteiger partial charge is 0.252 e. The highest BCUT2D eigenvalue weighted by atomic mass is 19.3. The number of pyridine rings is 1. The Morgan fingerprint density at radius 1 is 1.16 bits per heavy atom. The molecule has 1 aliphatic heterocycles. The third kappa shape index (κ3) is 3.29. The maximum absolute atomic E-state index is 13.6. The van der Waals surface area contributed by atoms with Gasteiger partial charge in [0.15, 0.2) is 23.1 Å². The summed E-state index contributed by atoms with van der Waals surface area (Å²) in [6.45, 7) is 2.08. The molecule has 1 N–H and O–H groups in total. The third-order valence-electron chi connectivity index (χ3n) is 5.70. The maximum Gasteiger partial charge on any atom is 0.252 e. The topological polar surface area (TPSA) is 90.2 Å². The van der Waals surface area contributed by atoms with Gasteiger partial charge < -0.3 is 19.7 Å². The molecule has 0 saturated heterocycles. The molecule has 0 aromatic carbocycles. The van der Waals surface area contributed by atoms with Crippen molar-refractivity contribution in [3.05, 3.63) is 36.7 Å². The van der Waals surface area contributed by atoms with E-state index in [1.807, 2.05) is 13.1 Å². The maximum atomic E-state index is 13.6. The van der Waals surface area contributed by atoms with Crippen LogP contribution >= 0.6 is 0 Å². The molecule has 1 fully saturated rings. The molecule has 2 aliphatic rings. The van der Waals surface area contributed by atoms with E-state index in [1.54, 1.807) is 42.2 Å². The van der Waals surface area contributed by atoms with E-state index in [2.05, 4.69) is 25.3 Å². The van der Waals surface area contributed by atoms with Gasteiger partial charge in [-0.1, -0.05) is 0 Å². The van der Waals surface area contributed by atoms with Crippen LogP contribution in [0.15, 0.2) is 31.0 Å². The number of rotatable bonds is 4. The van der Waals surface area contributed by atoms with Crippen LogP contribution in [0.1, 0.15) is 18.5 Å². The summed E-state index contributed by atoms with van der Waals surface area (Å²) in [6.07, 6.45) is 6.18. The number of methoxy groups -OCH3 is 1. The fraction of sp³-hybridized carbons (Fsp3) is 0.400. The monoisotopic (exact) mass is 429 g/mol. The van der Waals surface area contributed by atoms with E-state index in [0.717, 1.165) is 5.69 Å². The summed E-state index contributed by atoms with van der Waals surface area (Å²) in [5, 5.41) is 3.09. The first-order chi connectivity index (χ1) is 14.8. The van der Waals surface area contributed by atoms with Gasteiger partial charge in [-0.3, -0.25) is 4.57 Å². The Morgan fingerprint density at radius 3 is 2.65 bits per heavy atom. The number of nitrogens with zero attached hydrogens (tertiary/aromatic N) is 6. The second kappa shape index (κ2) is 6.76. The molecule has 0 atom stereocenters. The van der Waals surface area contributed by atoms with Crippen LogP contribution in [0.25, 0.3) is 5.82 Å². The molecule has 1 saturated carbocycles. The number of hydrogen-bond donors (Lipinski definition) is 1. The van der Waals surface area contributed by atoms with E-state index in [9.17, 15) is 8.78 Å². The van der Waals surface area contributed by atoms with Gasteiger partial charge in [0.25, 0.3) is 5.92 Å². The Hall–Kier alpha value is -3.50. The van der Waals surface area contributed by atoms with Crippen molar-refractivity contribution in [1.29, 1.82) is 0 Å². The molecule has 31 heavy (non-hydrogen) atoms. The summed E-state index contributed by atoms with van der Waals surface area (Å²) >= 11 is 0. The Bertz CT molecular complexity index is 1140. The molecule has 1 spiro atoms. The summed E-state index contributed by atoms with van der Waals surface area (Å²) in [7, 11) is 3.32. The zero-order chi connectivity index (χ0) is 21.8. The van der Waals surface area contributed by atoms with Crippen molar-refractivity contribution in [2.75, 3.05) is 31.0 Å². The molecule has 4 heterocycles. The van der Waals surface area contributed by atoms with Crippen molar-refractivity contribution < 1.29 is 18.3 Å². The highest BCUT2D eigenvalue weighted by molar-refractivity contribution is 5.63. The van der Waals surface area contributed by atoms with Crippen LogP contribution in [0, 0.1) is 6.92 Å². The quantitative estimate of drug-likeness (QED) is 0.677. The first-order valence-corrected chi connectivity index (χ1v) is 9.72. The van der Waals surface area contributed by atoms with Crippen LogP contribution in [0.2, 0.25) is 0 Å². The highest BCUT2D eigenvalue weighted by Gasteiger charge is 2.61. The largest absolute Gasteiger partial charge is 0.493 e. The first kappa shape index (κ1) is 19.5. The van der Waals surface area contributed by atoms with Crippen LogP contribution in [0.5, 0.6) is 11.5 Å². The molecule has 0 radical (unpaired) electrons. The SMILES string of the molecule is COc1cc(Nc2ncc3c(n2)N(C)C2(CO3)CC(F)(F)C2)cnc1-n1cnc(C)c1. The van der Waals surface area contributed by atoms with Gasteiger partial charge in [-0.05, 0) is 6.92 Å². The van der Waals surface area contributed by atoms with Crippen molar-refractivity contribution in [2.24, 2.45) is 0 Å². The van der Waals surface area contributed by atoms with E-state index < -0.39 is 11.5 Å². The van der Waals surface area contributed by atoms with Gasteiger partial charge in [-0.2, -0.15) is 4.98 Å². The lowest BCUT2D eigenvalue weighted by Gasteiger charge is -2.54. The Kier molecular flexibility index (Phi) is 4.24. The minimum atomic E-state index is -2.67. The molecule has 3 aromatic heterocycles. The average Bonchev–Trinajstić information content (AvgIpc) is 3.15. The molecule has 0 amide bonds. The Balaban J connectivity index is 1.40. The molecule has 11 heteroatoms. The summed E-state index contributed by atoms with van der Waals surface area (Å²) in [6, 6.07) is 1.77. The molecule has 0 bridgehead atoms. The second-order valence-electron chi connectivity index (χ2n) is 7.96. The van der Waals surface area contributed by atoms with Crippen molar-refractivity contribution in [3.63, 3.8) is 0 Å². The van der Waals surface area contributed by atoms with Crippen LogP contribution < -0.4 is 19.7 Å². The number of imidazole rings is 1. The number of aromatic nitrogens is 5. The van der Waals surface area contributed by atoms with E-state index in [0.29, 0.717) is 34.8 Å². The lowest BCUT2D eigenvalue weighted by molar-refractivity contribution is -0.135. The van der Waals surface area contributed by atoms with Gasteiger partial charge in [0, 0.05) is 32.2 Å². The van der Waals surface area contributed by atoms with E-state index in [4.69, 9.17) is 9.47 Å². The van der Waals surface area contributed by atoms with Gasteiger partial charge >= 0.3 is 0 Å². The molecule has 5 rings (SSSR count). The van der Waals surface area contributed by atoms with Gasteiger partial charge in [0.2, 0.25) is 5.95 Å². The number of likely N-dealkylation sites (N-methyl/N-ethyl adjacent to an activating group) is 1. The van der Waals surface area contributed by atoms with Crippen LogP contribution in [-0.2, 0) is 0 Å². The number of anilines is 3. The van der Waals surface area contributed by atoms with Gasteiger partial charge in [0.1, 0.15) is 12.9 Å². The molecule has 9 nitrogen and oxygen atoms in total. The number of halogens is 2. The molecular weight excluding hydrogens is 408 g/mol. The lowest BCUT2D eigenvalue weighted by Crippen LogP contribution is -2.66. The minimum absolute atomic E-state index is 0.193. The number of nitrogens with one attached hydrogen (secondary N) is 1. The van der Waals surface area contributed by atoms with E-state index in [-0.39, 0.29) is 19.4 Å². The van der Waals surface area contributed by atoms with Crippen molar-refractivity contribution in [3.8, 4) is 17.3 Å². The zero-order valence-electron chi connectivity index (χ0n) is 17.3. The van der Waals surface area contributed by atoms with Crippen molar-refractivity contribution in [2.45, 2.75) is 31.2 Å². The van der Waals surface area contributed by atoms with Crippen LogP contribution in [-0.4, -0.2) is 56.7 Å². The Labute approximate surface area is 177 Å². The van der Waals surface area contributed by atoms with Gasteiger partial charge in [-0.25, -0.2) is 23.7 Å². The molecule has 3 aromatic rings. The van der Waals surface area contributed by atoms with Gasteiger partial charge in [0.05, 0.1) is 36.4 Å². The number of ether oxygens (including phenoxy) is 2. The molecule has 0 unspecified atom stereocenters. The lowest BCUT2D eigenvalue weighted by atomic mass is 9.72. The van der Waals surface area contributed by atoms with Crippen LogP contribution in [0.4, 0.5) is 26.2 Å². The van der Waals surface area contributed by atoms with Crippen molar-refractivity contribution >= 4 is 17.5 Å². The third-order valence-corrected chi connectivity index (χ3v) is 5.70. The molecule has 162 valence electrons. The molecular formula is C20H21F2N7O2. The highest BCUT2D eigenvalue weighted by Crippen LogP contribution is 2.52. The normalized spacial score (nSPS) is 18.2. The number of alkyl halides is 2. The zero-order valence-corrected chi connectivity index (χ0v) is 17.3. The predicted octanol–water partition coefficient (Wildman–Crippen LogP) is 3.11. The Morgan fingerprint density at radius 2 is 1.97 bits per heavy atom. The number of aryl methyl sites for hydroxylation is 1. The summed E-state index contributed by atoms with van der Waals surface area (Å²) in [5.74, 6) is -0.286. The van der Waals surface area contributed by atoms with Crippen LogP contribution in [0.3, 0.4) is 0 Å². The van der Waals surface area contributed by atoms with Crippen molar-refractivity contribution in [1.82, 2.24) is 24.5 Å². The fourth-order valence-corrected chi connectivity index (χ4v) is 4.06. The summed E-state index contributed by atoms with van der Waals surface area (Å²) in [4.78, 5) is 19.2. The number of hydrogen-bond acceptors (Lipinski definition) is 8. The van der Waals surface area contributed by atoms with E-state index >= 15 is 0 Å². The number of fused-ring (bicyclic) bond motifs is 1. The van der Waals surface area contributed by atoms with E-state index in [1.165, 1.54) is 6.20 Å². The standard InChI is InChI=1S/C20H21F2N7O2/c1-12-7-29(11-25-12)16-14(30-3)4-13(5-23-16)26-18-24-6-15-17(27-18)28(2)19(10-31-15)8-20(21,22)9-19/h4-7,11H,8-10H2,1-3H3,(H,24,26,27). The fourth-order valence-electron chi connectivity index (χ4n) is 4.06. The summed E-state index contributed by atoms with van der Waals surface area (Å²) < 4.78 is 40.0. The first-order valence-electron chi connectivity index (χ1n) is 9.72.